The van der Waals surface area contributed by atoms with Crippen LogP contribution >= 0.6 is 0 Å². The van der Waals surface area contributed by atoms with Crippen molar-refractivity contribution in [1.29, 1.82) is 0 Å². The summed E-state index contributed by atoms with van der Waals surface area (Å²) in [6.07, 6.45) is 2.55. The molecule has 5 heteroatoms. The van der Waals surface area contributed by atoms with E-state index in [1.54, 1.807) is 13.1 Å². The molecule has 0 atom stereocenters. The Morgan fingerprint density at radius 3 is 2.79 bits per heavy atom. The molecule has 0 aliphatic carbocycles. The monoisotopic (exact) mass is 189 g/mol. The van der Waals surface area contributed by atoms with Gasteiger partial charge in [0, 0.05) is 0 Å². The minimum Gasteiger partial charge on any atom is -0.382 e. The molecule has 0 saturated heterocycles. The van der Waals surface area contributed by atoms with Gasteiger partial charge in [0.15, 0.2) is 17.0 Å². The highest BCUT2D eigenvalue weighted by molar-refractivity contribution is 5.80. The van der Waals surface area contributed by atoms with Gasteiger partial charge in [-0.25, -0.2) is 19.9 Å². The molecule has 2 heterocycles. The predicted molar refractivity (Wildman–Crippen MR) is 53.7 cm³/mol. The number of fused-ring (bicyclic) bond motifs is 1. The van der Waals surface area contributed by atoms with E-state index in [-0.39, 0.29) is 0 Å². The molecule has 72 valence electrons. The predicted octanol–water partition coefficient (Wildman–Crippen LogP) is 0.873. The van der Waals surface area contributed by atoms with Crippen molar-refractivity contribution in [3.05, 3.63) is 17.7 Å². The molecule has 0 bridgehead atoms. The van der Waals surface area contributed by atoms with Gasteiger partial charge in [-0.2, -0.15) is 0 Å². The van der Waals surface area contributed by atoms with Gasteiger partial charge in [0.25, 0.3) is 0 Å². The first-order valence-electron chi connectivity index (χ1n) is 4.46. The fourth-order valence-corrected chi connectivity index (χ4v) is 1.25. The summed E-state index contributed by atoms with van der Waals surface area (Å²) >= 11 is 0. The smallest absolute Gasteiger partial charge is 0.183 e. The molecule has 0 aromatic carbocycles. The van der Waals surface area contributed by atoms with Gasteiger partial charge >= 0.3 is 0 Å². The second-order valence-corrected chi connectivity index (χ2v) is 3.04. The van der Waals surface area contributed by atoms with E-state index in [1.807, 2.05) is 6.92 Å². The Morgan fingerprint density at radius 1 is 1.29 bits per heavy atom. The molecular weight excluding hydrogens is 178 g/mol. The van der Waals surface area contributed by atoms with Crippen LogP contribution in [0.3, 0.4) is 0 Å². The van der Waals surface area contributed by atoms with Crippen molar-refractivity contribution < 1.29 is 0 Å². The van der Waals surface area contributed by atoms with Gasteiger partial charge in [0.1, 0.15) is 5.82 Å². The van der Waals surface area contributed by atoms with Crippen molar-refractivity contribution in [3.8, 4) is 0 Å². The molecule has 0 amide bonds. The molecule has 0 unspecified atom stereocenters. The summed E-state index contributed by atoms with van der Waals surface area (Å²) in [5.41, 5.74) is 7.78. The Hall–Kier alpha value is -1.78. The maximum Gasteiger partial charge on any atom is 0.183 e. The summed E-state index contributed by atoms with van der Waals surface area (Å²) in [6.45, 7) is 3.80. The summed E-state index contributed by atoms with van der Waals surface area (Å²) in [6, 6.07) is 0. The molecule has 2 N–H and O–H groups in total. The molecule has 0 aliphatic heterocycles. The van der Waals surface area contributed by atoms with E-state index in [0.29, 0.717) is 22.8 Å². The van der Waals surface area contributed by atoms with E-state index in [1.165, 1.54) is 0 Å². The lowest BCUT2D eigenvalue weighted by molar-refractivity contribution is 1.00. The standard InChI is InChI=1S/C9H11N5/c1-3-6-4-11-9-7(14-6)8(10)12-5(2)13-9/h4H,3H2,1-2H3,(H2,10,11,12,13). The minimum absolute atomic E-state index is 0.398. The fourth-order valence-electron chi connectivity index (χ4n) is 1.25. The first-order valence-corrected chi connectivity index (χ1v) is 4.46. The number of aromatic nitrogens is 4. The summed E-state index contributed by atoms with van der Waals surface area (Å²) in [4.78, 5) is 16.7. The first-order chi connectivity index (χ1) is 6.70. The number of hydrogen-bond donors (Lipinski definition) is 1. The van der Waals surface area contributed by atoms with Crippen LogP contribution in [0.25, 0.3) is 11.2 Å². The van der Waals surface area contributed by atoms with Crippen LogP contribution < -0.4 is 5.73 Å². The van der Waals surface area contributed by atoms with Gasteiger partial charge in [-0.05, 0) is 13.3 Å². The summed E-state index contributed by atoms with van der Waals surface area (Å²) in [5, 5.41) is 0. The Morgan fingerprint density at radius 2 is 2.07 bits per heavy atom. The Labute approximate surface area is 81.4 Å². The van der Waals surface area contributed by atoms with Gasteiger partial charge in [-0.15, -0.1) is 0 Å². The van der Waals surface area contributed by atoms with E-state index in [4.69, 9.17) is 5.73 Å². The van der Waals surface area contributed by atoms with Crippen molar-refractivity contribution in [2.75, 3.05) is 5.73 Å². The van der Waals surface area contributed by atoms with Gasteiger partial charge in [0.05, 0.1) is 11.9 Å². The van der Waals surface area contributed by atoms with E-state index in [2.05, 4.69) is 19.9 Å². The van der Waals surface area contributed by atoms with Crippen molar-refractivity contribution >= 4 is 17.0 Å². The van der Waals surface area contributed by atoms with Crippen molar-refractivity contribution in [2.24, 2.45) is 0 Å². The van der Waals surface area contributed by atoms with Crippen LogP contribution in [-0.2, 0) is 6.42 Å². The highest BCUT2D eigenvalue weighted by atomic mass is 15.0. The number of nitrogens with two attached hydrogens (primary N) is 1. The molecule has 0 spiro atoms. The molecular formula is C9H11N5. The summed E-state index contributed by atoms with van der Waals surface area (Å²) in [7, 11) is 0. The van der Waals surface area contributed by atoms with Crippen molar-refractivity contribution in [1.82, 2.24) is 19.9 Å². The molecule has 0 fully saturated rings. The summed E-state index contributed by atoms with van der Waals surface area (Å²) < 4.78 is 0. The van der Waals surface area contributed by atoms with Crippen LogP contribution in [0, 0.1) is 6.92 Å². The average Bonchev–Trinajstić information content (AvgIpc) is 2.17. The zero-order valence-corrected chi connectivity index (χ0v) is 8.15. The van der Waals surface area contributed by atoms with Crippen LogP contribution in [0.15, 0.2) is 6.20 Å². The number of nitrogen functional groups attached to an aromatic ring is 1. The van der Waals surface area contributed by atoms with Gasteiger partial charge < -0.3 is 5.73 Å². The van der Waals surface area contributed by atoms with Gasteiger partial charge in [-0.1, -0.05) is 6.92 Å². The zero-order chi connectivity index (χ0) is 10.1. The highest BCUT2D eigenvalue weighted by Gasteiger charge is 2.05. The van der Waals surface area contributed by atoms with E-state index in [0.717, 1.165) is 12.1 Å². The fraction of sp³-hybridized carbons (Fsp3) is 0.333. The number of aryl methyl sites for hydroxylation is 2. The topological polar surface area (TPSA) is 77.6 Å². The second kappa shape index (κ2) is 3.17. The maximum absolute atomic E-state index is 5.73. The Kier molecular flexibility index (Phi) is 1.99. The molecule has 2 aromatic heterocycles. The van der Waals surface area contributed by atoms with Gasteiger partial charge in [0.2, 0.25) is 0 Å². The van der Waals surface area contributed by atoms with Crippen LogP contribution in [0.4, 0.5) is 5.82 Å². The van der Waals surface area contributed by atoms with Crippen molar-refractivity contribution in [2.45, 2.75) is 20.3 Å². The number of anilines is 1. The van der Waals surface area contributed by atoms with E-state index >= 15 is 0 Å². The SMILES string of the molecule is CCc1cnc2nc(C)nc(N)c2n1. The highest BCUT2D eigenvalue weighted by Crippen LogP contribution is 2.13. The second-order valence-electron chi connectivity index (χ2n) is 3.04. The maximum atomic E-state index is 5.73. The molecule has 2 aromatic rings. The molecule has 2 rings (SSSR count). The minimum atomic E-state index is 0.398. The lowest BCUT2D eigenvalue weighted by Gasteiger charge is -2.02. The third kappa shape index (κ3) is 1.37. The van der Waals surface area contributed by atoms with E-state index in [9.17, 15) is 0 Å². The number of nitrogens with zero attached hydrogens (tertiary/aromatic N) is 4. The molecule has 5 nitrogen and oxygen atoms in total. The lowest BCUT2D eigenvalue weighted by Crippen LogP contribution is -2.02. The molecule has 0 saturated carbocycles. The zero-order valence-electron chi connectivity index (χ0n) is 8.15. The van der Waals surface area contributed by atoms with Crippen molar-refractivity contribution in [3.63, 3.8) is 0 Å². The lowest BCUT2D eigenvalue weighted by atomic mass is 10.3. The summed E-state index contributed by atoms with van der Waals surface area (Å²) in [5.74, 6) is 1.02. The van der Waals surface area contributed by atoms with E-state index < -0.39 is 0 Å². The van der Waals surface area contributed by atoms with Crippen LogP contribution in [0.1, 0.15) is 18.4 Å². The van der Waals surface area contributed by atoms with Crippen LogP contribution in [0.2, 0.25) is 0 Å². The van der Waals surface area contributed by atoms with Crippen LogP contribution in [0.5, 0.6) is 0 Å². The average molecular weight is 189 g/mol. The van der Waals surface area contributed by atoms with Crippen LogP contribution in [-0.4, -0.2) is 19.9 Å². The number of hydrogen-bond acceptors (Lipinski definition) is 5. The Bertz CT molecular complexity index is 480. The third-order valence-electron chi connectivity index (χ3n) is 1.96. The first kappa shape index (κ1) is 8.80. The molecule has 0 aliphatic rings. The number of rotatable bonds is 1. The third-order valence-corrected chi connectivity index (χ3v) is 1.96. The molecule has 14 heavy (non-hydrogen) atoms. The van der Waals surface area contributed by atoms with Gasteiger partial charge in [-0.3, -0.25) is 0 Å². The normalized spacial score (nSPS) is 10.7. The molecule has 0 radical (unpaired) electrons. The quantitative estimate of drug-likeness (QED) is 0.720. The largest absolute Gasteiger partial charge is 0.382 e. The Balaban J connectivity index is 2.75.